The van der Waals surface area contributed by atoms with Gasteiger partial charge in [-0.15, -0.1) is 0 Å². The molecule has 0 rings (SSSR count). The number of nitrogens with two attached hydrogens (primary N) is 1. The Morgan fingerprint density at radius 3 is 2.11 bits per heavy atom. The first kappa shape index (κ1) is 7.88. The van der Waals surface area contributed by atoms with Gasteiger partial charge in [-0.05, 0) is 20.6 Å². The van der Waals surface area contributed by atoms with Crippen molar-refractivity contribution in [3.05, 3.63) is 11.3 Å². The van der Waals surface area contributed by atoms with Crippen molar-refractivity contribution >= 4 is 12.6 Å². The molecule has 0 unspecified atom stereocenters. The van der Waals surface area contributed by atoms with Gasteiger partial charge in [0.15, 0.2) is 0 Å². The molecule has 0 aliphatic heterocycles. The van der Waals surface area contributed by atoms with E-state index in [-0.39, 0.29) is 5.91 Å². The van der Waals surface area contributed by atoms with Gasteiger partial charge in [0.05, 0.1) is 0 Å². The molecule has 3 heteroatoms. The molecule has 50 valence electrons. The van der Waals surface area contributed by atoms with Crippen molar-refractivity contribution in [2.45, 2.75) is 13.8 Å². The first-order valence-corrected chi connectivity index (χ1v) is 2.53. The number of carbonyl (C=O) groups is 1. The number of hydrogen-bond donors (Lipinski definition) is 1. The molecule has 0 atom stereocenters. The lowest BCUT2D eigenvalue weighted by Gasteiger charge is -1.94. The molecule has 3 nitrogen and oxygen atoms in total. The third-order valence-corrected chi connectivity index (χ3v) is 1.06. The summed E-state index contributed by atoms with van der Waals surface area (Å²) < 4.78 is 0. The third kappa shape index (κ3) is 2.08. The largest absolute Gasteiger partial charge is 0.402 e. The van der Waals surface area contributed by atoms with E-state index < -0.39 is 0 Å². The Bertz CT molecular complexity index is 166. The predicted octanol–water partition coefficient (Wildman–Crippen LogP) is 0.466. The van der Waals surface area contributed by atoms with Crippen LogP contribution < -0.4 is 5.73 Å². The maximum Gasteiger partial charge on any atom is 0.273 e. The second-order valence-corrected chi connectivity index (χ2v) is 1.77. The van der Waals surface area contributed by atoms with E-state index in [2.05, 4.69) is 11.7 Å². The molecule has 0 saturated carbocycles. The van der Waals surface area contributed by atoms with Crippen LogP contribution in [-0.2, 0) is 4.79 Å². The van der Waals surface area contributed by atoms with E-state index in [1.54, 1.807) is 13.8 Å². The van der Waals surface area contributed by atoms with E-state index in [9.17, 15) is 4.79 Å². The highest BCUT2D eigenvalue weighted by atomic mass is 16.1. The Morgan fingerprint density at radius 1 is 1.56 bits per heavy atom. The van der Waals surface area contributed by atoms with Gasteiger partial charge in [-0.3, -0.25) is 4.79 Å². The van der Waals surface area contributed by atoms with Gasteiger partial charge in [-0.1, -0.05) is 0 Å². The highest BCUT2D eigenvalue weighted by molar-refractivity contribution is 5.96. The minimum atomic E-state index is -0.352. The zero-order valence-corrected chi connectivity index (χ0v) is 5.64. The van der Waals surface area contributed by atoms with Gasteiger partial charge in [0.1, 0.15) is 0 Å². The Balaban J connectivity index is 4.39. The summed E-state index contributed by atoms with van der Waals surface area (Å²) in [6.07, 6.45) is 0. The van der Waals surface area contributed by atoms with Crippen molar-refractivity contribution < 1.29 is 4.79 Å². The van der Waals surface area contributed by atoms with E-state index in [4.69, 9.17) is 5.73 Å². The molecule has 0 aromatic heterocycles. The number of nitrogens with zero attached hydrogens (tertiary/aromatic N) is 1. The third-order valence-electron chi connectivity index (χ3n) is 1.06. The molecule has 0 aliphatic rings. The molecule has 1 amide bonds. The highest BCUT2D eigenvalue weighted by Gasteiger charge is 2.00. The molecule has 0 fully saturated rings. The molecule has 0 radical (unpaired) electrons. The van der Waals surface area contributed by atoms with Crippen molar-refractivity contribution in [3.8, 4) is 0 Å². The quantitative estimate of drug-likeness (QED) is 0.410. The maximum absolute atomic E-state index is 10.6. The van der Waals surface area contributed by atoms with Crippen LogP contribution in [-0.4, -0.2) is 12.6 Å². The summed E-state index contributed by atoms with van der Waals surface area (Å²) in [6, 6.07) is 0. The lowest BCUT2D eigenvalue weighted by molar-refractivity contribution is -0.114. The average Bonchev–Trinajstić information content (AvgIpc) is 1.84. The summed E-state index contributed by atoms with van der Waals surface area (Å²) in [7, 11) is 0. The van der Waals surface area contributed by atoms with E-state index in [1.807, 2.05) is 0 Å². The van der Waals surface area contributed by atoms with Crippen molar-refractivity contribution in [2.75, 3.05) is 0 Å². The van der Waals surface area contributed by atoms with Gasteiger partial charge in [-0.2, -0.15) is 0 Å². The smallest absolute Gasteiger partial charge is 0.273 e. The van der Waals surface area contributed by atoms with Gasteiger partial charge in [0.25, 0.3) is 5.91 Å². The fraction of sp³-hybridized carbons (Fsp3) is 0.333. The normalized spacial score (nSPS) is 12.2. The molecule has 0 heterocycles. The molecule has 0 spiro atoms. The molecular formula is C6H10N2O. The highest BCUT2D eigenvalue weighted by Crippen LogP contribution is 1.97. The van der Waals surface area contributed by atoms with Crippen LogP contribution in [0, 0.1) is 0 Å². The first-order valence-electron chi connectivity index (χ1n) is 2.53. The van der Waals surface area contributed by atoms with Crippen molar-refractivity contribution in [2.24, 2.45) is 10.7 Å². The number of carbonyl (C=O) groups excluding carboxylic acids is 1. The number of hydrogen-bond acceptors (Lipinski definition) is 2. The van der Waals surface area contributed by atoms with Crippen LogP contribution in [0.2, 0.25) is 0 Å². The van der Waals surface area contributed by atoms with Gasteiger partial charge in [-0.25, -0.2) is 4.99 Å². The number of aliphatic imine (C=N–C) groups is 1. The van der Waals surface area contributed by atoms with Crippen LogP contribution >= 0.6 is 0 Å². The fourth-order valence-electron chi connectivity index (χ4n) is 0.287. The Kier molecular flexibility index (Phi) is 2.64. The summed E-state index contributed by atoms with van der Waals surface area (Å²) in [4.78, 5) is 13.8. The average molecular weight is 126 g/mol. The zero-order valence-electron chi connectivity index (χ0n) is 5.64. The Labute approximate surface area is 54.3 Å². The molecule has 2 N–H and O–H groups in total. The summed E-state index contributed by atoms with van der Waals surface area (Å²) >= 11 is 0. The SMILES string of the molecule is C=NC(=O)C(C)=C(C)N. The summed E-state index contributed by atoms with van der Waals surface area (Å²) in [5.41, 5.74) is 6.24. The summed E-state index contributed by atoms with van der Waals surface area (Å²) in [6.45, 7) is 6.34. The maximum atomic E-state index is 10.6. The fourth-order valence-corrected chi connectivity index (χ4v) is 0.287. The molecule has 0 saturated heterocycles. The number of rotatable bonds is 1. The second-order valence-electron chi connectivity index (χ2n) is 1.77. The molecule has 0 bridgehead atoms. The molecular weight excluding hydrogens is 116 g/mol. The lowest BCUT2D eigenvalue weighted by atomic mass is 10.2. The van der Waals surface area contributed by atoms with Crippen LogP contribution in [0.3, 0.4) is 0 Å². The Hall–Kier alpha value is -1.12. The van der Waals surface area contributed by atoms with Crippen LogP contribution in [0.1, 0.15) is 13.8 Å². The summed E-state index contributed by atoms with van der Waals surface area (Å²) in [5.74, 6) is -0.352. The van der Waals surface area contributed by atoms with Crippen LogP contribution in [0.5, 0.6) is 0 Å². The monoisotopic (exact) mass is 126 g/mol. The molecule has 0 aromatic carbocycles. The molecule has 9 heavy (non-hydrogen) atoms. The molecule has 0 aromatic rings. The summed E-state index contributed by atoms with van der Waals surface area (Å²) in [5, 5.41) is 0. The van der Waals surface area contributed by atoms with E-state index in [0.29, 0.717) is 11.3 Å². The molecule has 0 aliphatic carbocycles. The minimum absolute atomic E-state index is 0.352. The van der Waals surface area contributed by atoms with Crippen LogP contribution in [0.15, 0.2) is 16.3 Å². The van der Waals surface area contributed by atoms with Gasteiger partial charge < -0.3 is 5.73 Å². The zero-order chi connectivity index (χ0) is 7.44. The first-order chi connectivity index (χ1) is 4.09. The lowest BCUT2D eigenvalue weighted by Crippen LogP contribution is -2.03. The van der Waals surface area contributed by atoms with Gasteiger partial charge in [0, 0.05) is 11.3 Å². The van der Waals surface area contributed by atoms with E-state index in [0.717, 1.165) is 0 Å². The van der Waals surface area contributed by atoms with Crippen molar-refractivity contribution in [1.82, 2.24) is 0 Å². The topological polar surface area (TPSA) is 55.5 Å². The van der Waals surface area contributed by atoms with E-state index in [1.165, 1.54) is 0 Å². The van der Waals surface area contributed by atoms with E-state index >= 15 is 0 Å². The van der Waals surface area contributed by atoms with Gasteiger partial charge >= 0.3 is 0 Å². The second kappa shape index (κ2) is 3.02. The predicted molar refractivity (Wildman–Crippen MR) is 37.1 cm³/mol. The standard InChI is InChI=1S/C6H10N2O/c1-4(5(2)7)6(9)8-3/h3,7H2,1-2H3. The number of allylic oxidation sites excluding steroid dienone is 1. The van der Waals surface area contributed by atoms with Crippen molar-refractivity contribution in [1.29, 1.82) is 0 Å². The number of amides is 1. The Morgan fingerprint density at radius 2 is 2.00 bits per heavy atom. The minimum Gasteiger partial charge on any atom is -0.402 e. The van der Waals surface area contributed by atoms with Crippen LogP contribution in [0.25, 0.3) is 0 Å². The van der Waals surface area contributed by atoms with Gasteiger partial charge in [0.2, 0.25) is 0 Å². The van der Waals surface area contributed by atoms with Crippen LogP contribution in [0.4, 0.5) is 0 Å². The van der Waals surface area contributed by atoms with Crippen molar-refractivity contribution in [3.63, 3.8) is 0 Å².